The molecule has 3 heteroatoms. The molecule has 18 heavy (non-hydrogen) atoms. The summed E-state index contributed by atoms with van der Waals surface area (Å²) in [4.78, 5) is 2.34. The molecular weight excluding hydrogens is 226 g/mol. The molecule has 0 radical (unpaired) electrons. The molecule has 94 valence electrons. The van der Waals surface area contributed by atoms with Crippen LogP contribution in [0.2, 0.25) is 0 Å². The molecule has 1 fully saturated rings. The highest BCUT2D eigenvalue weighted by Crippen LogP contribution is 2.47. The maximum atomic E-state index is 9.50. The van der Waals surface area contributed by atoms with Crippen LogP contribution in [0.25, 0.3) is 5.57 Å². The highest BCUT2D eigenvalue weighted by Gasteiger charge is 2.37. The fraction of sp³-hybridized carbons (Fsp3) is 0.467. The predicted octanol–water partition coefficient (Wildman–Crippen LogP) is 1.45. The molecule has 3 aliphatic rings. The number of aliphatic hydroxyl groups is 1. The van der Waals surface area contributed by atoms with Crippen LogP contribution < -0.4 is 4.74 Å². The number of β-amino-alcohol motifs (C(OH)–C–C–N with tert-alkyl or cyclic N) is 1. The first-order valence-electron chi connectivity index (χ1n) is 6.72. The SMILES string of the molecule is OC1CCN(CCc2ccc3c(c2)C2=C[C@@H]2O3)C1. The van der Waals surface area contributed by atoms with E-state index in [4.69, 9.17) is 4.74 Å². The van der Waals surface area contributed by atoms with E-state index in [0.29, 0.717) is 0 Å². The van der Waals surface area contributed by atoms with E-state index in [0.717, 1.165) is 38.2 Å². The number of hydrogen-bond acceptors (Lipinski definition) is 3. The molecular formula is C15H17NO2. The number of likely N-dealkylation sites (tertiary alicyclic amines) is 1. The summed E-state index contributed by atoms with van der Waals surface area (Å²) >= 11 is 0. The van der Waals surface area contributed by atoms with Crippen molar-refractivity contribution in [1.82, 2.24) is 4.90 Å². The van der Waals surface area contributed by atoms with Gasteiger partial charge in [0.25, 0.3) is 0 Å². The molecule has 1 N–H and O–H groups in total. The molecule has 3 nitrogen and oxygen atoms in total. The lowest BCUT2D eigenvalue weighted by Gasteiger charge is -2.14. The maximum absolute atomic E-state index is 9.50. The van der Waals surface area contributed by atoms with Crippen molar-refractivity contribution < 1.29 is 9.84 Å². The molecule has 0 aromatic heterocycles. The zero-order chi connectivity index (χ0) is 12.1. The number of fused-ring (bicyclic) bond motifs is 3. The monoisotopic (exact) mass is 243 g/mol. The first-order valence-corrected chi connectivity index (χ1v) is 6.72. The third kappa shape index (κ3) is 1.74. The molecule has 1 aromatic rings. The van der Waals surface area contributed by atoms with Gasteiger partial charge in [-0.05, 0) is 36.6 Å². The number of rotatable bonds is 3. The Morgan fingerprint density at radius 2 is 2.33 bits per heavy atom. The van der Waals surface area contributed by atoms with E-state index in [-0.39, 0.29) is 12.2 Å². The maximum Gasteiger partial charge on any atom is 0.143 e. The van der Waals surface area contributed by atoms with E-state index in [9.17, 15) is 5.11 Å². The first kappa shape index (κ1) is 10.6. The summed E-state index contributed by atoms with van der Waals surface area (Å²) in [6.07, 6.45) is 4.31. The van der Waals surface area contributed by atoms with Crippen molar-refractivity contribution in [3.8, 4) is 5.75 Å². The number of benzene rings is 1. The summed E-state index contributed by atoms with van der Waals surface area (Å²) < 4.78 is 5.69. The highest BCUT2D eigenvalue weighted by molar-refractivity contribution is 5.89. The van der Waals surface area contributed by atoms with E-state index in [1.54, 1.807) is 0 Å². The van der Waals surface area contributed by atoms with Crippen molar-refractivity contribution >= 4 is 5.57 Å². The molecule has 1 aliphatic carbocycles. The Balaban J connectivity index is 1.43. The van der Waals surface area contributed by atoms with Gasteiger partial charge in [-0.1, -0.05) is 6.07 Å². The minimum Gasteiger partial charge on any atom is -0.481 e. The summed E-state index contributed by atoms with van der Waals surface area (Å²) in [5.74, 6) is 1.04. The largest absolute Gasteiger partial charge is 0.481 e. The average molecular weight is 243 g/mol. The molecule has 0 bridgehead atoms. The molecule has 0 saturated carbocycles. The molecule has 0 spiro atoms. The zero-order valence-corrected chi connectivity index (χ0v) is 10.3. The summed E-state index contributed by atoms with van der Waals surface area (Å²) in [5.41, 5.74) is 4.02. The molecule has 4 rings (SSSR count). The van der Waals surface area contributed by atoms with Crippen molar-refractivity contribution in [2.75, 3.05) is 19.6 Å². The summed E-state index contributed by atoms with van der Waals surface area (Å²) in [7, 11) is 0. The van der Waals surface area contributed by atoms with E-state index < -0.39 is 0 Å². The lowest BCUT2D eigenvalue weighted by molar-refractivity contribution is 0.177. The molecule has 2 atom stereocenters. The van der Waals surface area contributed by atoms with Crippen LogP contribution in [-0.2, 0) is 6.42 Å². The summed E-state index contributed by atoms with van der Waals surface area (Å²) in [6.45, 7) is 2.91. The van der Waals surface area contributed by atoms with Gasteiger partial charge in [0.1, 0.15) is 11.9 Å². The Hall–Kier alpha value is -1.32. The fourth-order valence-corrected chi connectivity index (χ4v) is 2.96. The van der Waals surface area contributed by atoms with Gasteiger partial charge in [-0.3, -0.25) is 0 Å². The van der Waals surface area contributed by atoms with Crippen LogP contribution >= 0.6 is 0 Å². The second-order valence-corrected chi connectivity index (χ2v) is 5.48. The van der Waals surface area contributed by atoms with Gasteiger partial charge in [-0.15, -0.1) is 0 Å². The van der Waals surface area contributed by atoms with Crippen LogP contribution in [0.1, 0.15) is 17.5 Å². The first-order chi connectivity index (χ1) is 8.79. The van der Waals surface area contributed by atoms with Crippen LogP contribution in [-0.4, -0.2) is 41.8 Å². The molecule has 0 amide bonds. The topological polar surface area (TPSA) is 32.7 Å². The van der Waals surface area contributed by atoms with Crippen LogP contribution in [0, 0.1) is 0 Å². The van der Waals surface area contributed by atoms with E-state index in [1.807, 2.05) is 0 Å². The Morgan fingerprint density at radius 1 is 1.39 bits per heavy atom. The minimum atomic E-state index is -0.115. The second kappa shape index (κ2) is 3.84. The van der Waals surface area contributed by atoms with Gasteiger partial charge in [-0.2, -0.15) is 0 Å². The minimum absolute atomic E-state index is 0.115. The molecule has 2 heterocycles. The Kier molecular flexibility index (Phi) is 2.26. The summed E-state index contributed by atoms with van der Waals surface area (Å²) in [5, 5.41) is 9.50. The molecule has 1 aromatic carbocycles. The summed E-state index contributed by atoms with van der Waals surface area (Å²) in [6, 6.07) is 6.52. The standard InChI is InChI=1S/C15H17NO2/c17-11-4-6-16(9-11)5-3-10-1-2-14-12(7-10)13-8-15(13)18-14/h1-2,7-8,11,15,17H,3-6,9H2/t11?,15-/m0/s1. The van der Waals surface area contributed by atoms with E-state index in [1.165, 1.54) is 16.7 Å². The van der Waals surface area contributed by atoms with Crippen LogP contribution in [0.15, 0.2) is 24.3 Å². The van der Waals surface area contributed by atoms with Crippen molar-refractivity contribution in [3.05, 3.63) is 35.4 Å². The number of ether oxygens (including phenoxy) is 1. The lowest BCUT2D eigenvalue weighted by atomic mass is 10.1. The van der Waals surface area contributed by atoms with Crippen molar-refractivity contribution in [1.29, 1.82) is 0 Å². The Bertz CT molecular complexity index is 523. The number of nitrogens with zero attached hydrogens (tertiary/aromatic N) is 1. The van der Waals surface area contributed by atoms with Crippen molar-refractivity contribution in [2.45, 2.75) is 25.0 Å². The number of hydrogen-bond donors (Lipinski definition) is 1. The predicted molar refractivity (Wildman–Crippen MR) is 69.6 cm³/mol. The van der Waals surface area contributed by atoms with Gasteiger partial charge in [0.05, 0.1) is 6.10 Å². The smallest absolute Gasteiger partial charge is 0.143 e. The van der Waals surface area contributed by atoms with Gasteiger partial charge >= 0.3 is 0 Å². The van der Waals surface area contributed by atoms with Crippen molar-refractivity contribution in [3.63, 3.8) is 0 Å². The van der Waals surface area contributed by atoms with Gasteiger partial charge in [0, 0.05) is 30.8 Å². The van der Waals surface area contributed by atoms with Gasteiger partial charge < -0.3 is 14.7 Å². The average Bonchev–Trinajstić information content (AvgIpc) is 2.87. The highest BCUT2D eigenvalue weighted by atomic mass is 16.5. The molecule has 2 aliphatic heterocycles. The van der Waals surface area contributed by atoms with Crippen LogP contribution in [0.5, 0.6) is 5.75 Å². The van der Waals surface area contributed by atoms with Gasteiger partial charge in [0.2, 0.25) is 0 Å². The Morgan fingerprint density at radius 3 is 3.17 bits per heavy atom. The zero-order valence-electron chi connectivity index (χ0n) is 10.3. The third-order valence-corrected chi connectivity index (χ3v) is 4.10. The quantitative estimate of drug-likeness (QED) is 0.872. The Labute approximate surface area is 107 Å². The molecule has 1 unspecified atom stereocenters. The second-order valence-electron chi connectivity index (χ2n) is 5.48. The van der Waals surface area contributed by atoms with Crippen molar-refractivity contribution in [2.24, 2.45) is 0 Å². The van der Waals surface area contributed by atoms with Gasteiger partial charge in [-0.25, -0.2) is 0 Å². The van der Waals surface area contributed by atoms with E-state index in [2.05, 4.69) is 29.2 Å². The van der Waals surface area contributed by atoms with Crippen LogP contribution in [0.3, 0.4) is 0 Å². The normalized spacial score (nSPS) is 28.6. The van der Waals surface area contributed by atoms with Gasteiger partial charge in [0.15, 0.2) is 0 Å². The van der Waals surface area contributed by atoms with E-state index >= 15 is 0 Å². The van der Waals surface area contributed by atoms with Crippen LogP contribution in [0.4, 0.5) is 0 Å². The third-order valence-electron chi connectivity index (χ3n) is 4.10. The fourth-order valence-electron chi connectivity index (χ4n) is 2.96. The molecule has 1 saturated heterocycles. The lowest BCUT2D eigenvalue weighted by Crippen LogP contribution is -2.24. The number of aliphatic hydroxyl groups excluding tert-OH is 1.